The highest BCUT2D eigenvalue weighted by Gasteiger charge is 2.38. The largest absolute Gasteiger partial charge is 0.457 e. The van der Waals surface area contributed by atoms with Crippen molar-refractivity contribution in [3.05, 3.63) is 0 Å². The van der Waals surface area contributed by atoms with Gasteiger partial charge in [-0.1, -0.05) is 13.8 Å². The number of ether oxygens (including phenoxy) is 1. The van der Waals surface area contributed by atoms with Crippen molar-refractivity contribution < 1.29 is 18.3 Å². The molecule has 0 aromatic heterocycles. The number of halogens is 3. The molecule has 1 unspecified atom stereocenters. The zero-order chi connectivity index (χ0) is 11.4. The van der Waals surface area contributed by atoms with Crippen LogP contribution in [-0.2, 0) is 9.53 Å². The molecule has 0 fully saturated rings. The Labute approximate surface area is 87.6 Å². The topological polar surface area (TPSA) is 26.3 Å². The molecule has 0 saturated heterocycles. The van der Waals surface area contributed by atoms with Crippen LogP contribution in [0.5, 0.6) is 0 Å². The van der Waals surface area contributed by atoms with Crippen molar-refractivity contribution in [2.45, 2.75) is 45.1 Å². The number of esters is 1. The summed E-state index contributed by atoms with van der Waals surface area (Å²) >= 11 is 4.48. The molecule has 0 N–H and O–H groups in total. The molecule has 0 aromatic rings. The van der Waals surface area contributed by atoms with Crippen LogP contribution < -0.4 is 0 Å². The van der Waals surface area contributed by atoms with Crippen molar-refractivity contribution in [3.8, 4) is 0 Å². The van der Waals surface area contributed by atoms with E-state index >= 15 is 0 Å². The lowest BCUT2D eigenvalue weighted by atomic mass is 10.1. The number of carbonyl (C=O) groups is 1. The van der Waals surface area contributed by atoms with Crippen LogP contribution in [-0.4, -0.2) is 17.5 Å². The summed E-state index contributed by atoms with van der Waals surface area (Å²) in [6, 6.07) is 0. The first kappa shape index (κ1) is 13.6. The Morgan fingerprint density at radius 1 is 1.36 bits per heavy atom. The van der Waals surface area contributed by atoms with E-state index in [1.54, 1.807) is 6.92 Å². The molecule has 0 aliphatic carbocycles. The Morgan fingerprint density at radius 3 is 2.21 bits per heavy atom. The van der Waals surface area contributed by atoms with Gasteiger partial charge in [0.2, 0.25) is 0 Å². The van der Waals surface area contributed by atoms with Crippen LogP contribution in [0.15, 0.2) is 0 Å². The quantitative estimate of drug-likeness (QED) is 0.534. The van der Waals surface area contributed by atoms with E-state index < -0.39 is 17.5 Å². The second-order valence-corrected chi connectivity index (χ2v) is 4.16. The molecule has 14 heavy (non-hydrogen) atoms. The molecule has 2 nitrogen and oxygen atoms in total. The van der Waals surface area contributed by atoms with Gasteiger partial charge in [0.05, 0.1) is 6.10 Å². The number of hydrogen-bond acceptors (Lipinski definition) is 2. The molecular weight excluding hydrogens is 214 g/mol. The minimum atomic E-state index is -3.91. The summed E-state index contributed by atoms with van der Waals surface area (Å²) in [5.41, 5.74) is 0. The van der Waals surface area contributed by atoms with Gasteiger partial charge in [-0.15, -0.1) is 0 Å². The van der Waals surface area contributed by atoms with Crippen molar-refractivity contribution in [2.24, 2.45) is 5.92 Å². The first-order valence-corrected chi connectivity index (χ1v) is 4.89. The molecule has 0 amide bonds. The maximum absolute atomic E-state index is 12.2. The molecule has 0 aliphatic heterocycles. The van der Waals surface area contributed by atoms with Crippen molar-refractivity contribution in [3.63, 3.8) is 0 Å². The molecule has 0 bridgehead atoms. The van der Waals surface area contributed by atoms with Gasteiger partial charge < -0.3 is 4.74 Å². The fourth-order valence-corrected chi connectivity index (χ4v) is 0.921. The molecular formula is C9H15ClF2O2. The van der Waals surface area contributed by atoms with Crippen LogP contribution in [0.2, 0.25) is 0 Å². The summed E-state index contributed by atoms with van der Waals surface area (Å²) in [5.74, 6) is -1.22. The summed E-state index contributed by atoms with van der Waals surface area (Å²) in [6.07, 6.45) is 0.869. The number of alkyl halides is 3. The fraction of sp³-hybridized carbons (Fsp3) is 0.889. The van der Waals surface area contributed by atoms with Gasteiger partial charge in [0, 0.05) is 0 Å². The number of rotatable bonds is 5. The average Bonchev–Trinajstić information content (AvgIpc) is 1.99. The first-order valence-electron chi connectivity index (χ1n) is 4.51. The van der Waals surface area contributed by atoms with Gasteiger partial charge in [0.25, 0.3) is 0 Å². The highest BCUT2D eigenvalue weighted by atomic mass is 35.5. The molecule has 5 heteroatoms. The molecule has 0 rings (SSSR count). The molecule has 0 heterocycles. The van der Waals surface area contributed by atoms with Gasteiger partial charge >= 0.3 is 11.4 Å². The van der Waals surface area contributed by atoms with Crippen molar-refractivity contribution in [1.29, 1.82) is 0 Å². The third-order valence-electron chi connectivity index (χ3n) is 1.69. The van der Waals surface area contributed by atoms with E-state index in [1.807, 2.05) is 13.8 Å². The second kappa shape index (κ2) is 5.49. The highest BCUT2D eigenvalue weighted by Crippen LogP contribution is 2.22. The Morgan fingerprint density at radius 2 is 1.86 bits per heavy atom. The lowest BCUT2D eigenvalue weighted by molar-refractivity contribution is -0.166. The summed E-state index contributed by atoms with van der Waals surface area (Å²) in [7, 11) is 0. The van der Waals surface area contributed by atoms with Gasteiger partial charge in [0.1, 0.15) is 0 Å². The highest BCUT2D eigenvalue weighted by molar-refractivity contribution is 6.31. The zero-order valence-corrected chi connectivity index (χ0v) is 9.28. The van der Waals surface area contributed by atoms with E-state index in [9.17, 15) is 13.6 Å². The third-order valence-corrected chi connectivity index (χ3v) is 1.84. The predicted octanol–water partition coefficient (Wildman–Crippen LogP) is 3.19. The Bertz CT molecular complexity index is 190. The van der Waals surface area contributed by atoms with Crippen molar-refractivity contribution in [2.75, 3.05) is 0 Å². The molecule has 1 atom stereocenters. The standard InChI is InChI=1S/C9H15ClF2O2/c1-6(2)4-5-7(3)14-8(13)9(10,11)12/h6-7H,4-5H2,1-3H3. The van der Waals surface area contributed by atoms with Gasteiger partial charge in [-0.05, 0) is 37.3 Å². The maximum atomic E-state index is 12.2. The molecule has 0 radical (unpaired) electrons. The van der Waals surface area contributed by atoms with Crippen molar-refractivity contribution in [1.82, 2.24) is 0 Å². The summed E-state index contributed by atoms with van der Waals surface area (Å²) < 4.78 is 28.8. The first-order chi connectivity index (χ1) is 6.23. The number of carbonyl (C=O) groups excluding carboxylic acids is 1. The average molecular weight is 229 g/mol. The Kier molecular flexibility index (Phi) is 5.34. The van der Waals surface area contributed by atoms with Crippen LogP contribution in [0.4, 0.5) is 8.78 Å². The number of hydrogen-bond donors (Lipinski definition) is 0. The summed E-state index contributed by atoms with van der Waals surface area (Å²) in [4.78, 5) is 10.6. The van der Waals surface area contributed by atoms with E-state index in [4.69, 9.17) is 0 Å². The van der Waals surface area contributed by atoms with E-state index in [0.29, 0.717) is 12.3 Å². The van der Waals surface area contributed by atoms with Gasteiger partial charge in [-0.2, -0.15) is 8.78 Å². The molecule has 84 valence electrons. The monoisotopic (exact) mass is 228 g/mol. The smallest absolute Gasteiger partial charge is 0.417 e. The molecule has 0 aromatic carbocycles. The minimum absolute atomic E-state index is 0.452. The lowest BCUT2D eigenvalue weighted by Crippen LogP contribution is -2.28. The Hall–Kier alpha value is -0.380. The van der Waals surface area contributed by atoms with Gasteiger partial charge in [-0.3, -0.25) is 0 Å². The normalized spacial score (nSPS) is 14.2. The molecule has 0 saturated carbocycles. The van der Waals surface area contributed by atoms with Crippen LogP contribution in [0, 0.1) is 5.92 Å². The van der Waals surface area contributed by atoms with Gasteiger partial charge in [-0.25, -0.2) is 4.79 Å². The Balaban J connectivity index is 3.83. The van der Waals surface area contributed by atoms with Crippen LogP contribution in [0.25, 0.3) is 0 Å². The molecule has 0 aliphatic rings. The van der Waals surface area contributed by atoms with Gasteiger partial charge in [0.15, 0.2) is 0 Å². The maximum Gasteiger partial charge on any atom is 0.417 e. The fourth-order valence-electron chi connectivity index (χ4n) is 0.877. The van der Waals surface area contributed by atoms with Crippen LogP contribution in [0.3, 0.4) is 0 Å². The second-order valence-electron chi connectivity index (χ2n) is 3.68. The SMILES string of the molecule is CC(C)CCC(C)OC(=O)C(F)(F)Cl. The summed E-state index contributed by atoms with van der Waals surface area (Å²) in [5, 5.41) is -3.91. The van der Waals surface area contributed by atoms with E-state index in [-0.39, 0.29) is 0 Å². The summed E-state index contributed by atoms with van der Waals surface area (Å²) in [6.45, 7) is 5.58. The van der Waals surface area contributed by atoms with Crippen molar-refractivity contribution >= 4 is 17.6 Å². The molecule has 0 spiro atoms. The predicted molar refractivity (Wildman–Crippen MR) is 50.4 cm³/mol. The van der Waals surface area contributed by atoms with E-state index in [1.165, 1.54) is 0 Å². The zero-order valence-electron chi connectivity index (χ0n) is 8.52. The van der Waals surface area contributed by atoms with Crippen LogP contribution in [0.1, 0.15) is 33.6 Å². The lowest BCUT2D eigenvalue weighted by Gasteiger charge is -2.15. The van der Waals surface area contributed by atoms with E-state index in [0.717, 1.165) is 6.42 Å². The minimum Gasteiger partial charge on any atom is -0.457 e. The third kappa shape index (κ3) is 6.13. The van der Waals surface area contributed by atoms with E-state index in [2.05, 4.69) is 16.3 Å². The van der Waals surface area contributed by atoms with Crippen LogP contribution >= 0.6 is 11.6 Å².